The van der Waals surface area contributed by atoms with Crippen LogP contribution in [0.3, 0.4) is 0 Å². The molecule has 12 heteroatoms. The van der Waals surface area contributed by atoms with Crippen LogP contribution in [0.15, 0.2) is 83.9 Å². The van der Waals surface area contributed by atoms with E-state index in [0.717, 1.165) is 18.5 Å². The molecule has 2 aliphatic rings. The molecule has 4 aromatic rings. The molecule has 10 nitrogen and oxygen atoms in total. The van der Waals surface area contributed by atoms with Gasteiger partial charge < -0.3 is 15.0 Å². The van der Waals surface area contributed by atoms with E-state index >= 15 is 0 Å². The number of rotatable bonds is 10. The van der Waals surface area contributed by atoms with Gasteiger partial charge in [0.15, 0.2) is 0 Å². The molecule has 2 aromatic heterocycles. The largest absolute Gasteiger partial charge is 0.486 e. The predicted molar refractivity (Wildman–Crippen MR) is 168 cm³/mol. The van der Waals surface area contributed by atoms with E-state index in [0.29, 0.717) is 47.5 Å². The fraction of sp³-hybridized carbons (Fsp3) is 0.323. The van der Waals surface area contributed by atoms with E-state index in [-0.39, 0.29) is 35.6 Å². The van der Waals surface area contributed by atoms with Gasteiger partial charge in [0, 0.05) is 48.5 Å². The second-order valence-corrected chi connectivity index (χ2v) is 13.7. The molecule has 1 aliphatic carbocycles. The summed E-state index contributed by atoms with van der Waals surface area (Å²) in [6.07, 6.45) is 5.43. The van der Waals surface area contributed by atoms with E-state index in [4.69, 9.17) is 16.3 Å². The third-order valence-corrected chi connectivity index (χ3v) is 9.93. The Hall–Kier alpha value is -3.93. The molecule has 0 spiro atoms. The van der Waals surface area contributed by atoms with Crippen molar-refractivity contribution in [3.8, 4) is 11.4 Å². The van der Waals surface area contributed by atoms with Gasteiger partial charge in [-0.2, -0.15) is 14.1 Å². The molecular formula is C31H33ClN6O4S. The number of pyridine rings is 1. The normalized spacial score (nSPS) is 16.6. The highest BCUT2D eigenvalue weighted by Crippen LogP contribution is 2.45. The van der Waals surface area contributed by atoms with Crippen molar-refractivity contribution in [2.75, 3.05) is 43.0 Å². The Bertz CT molecular complexity index is 1750. The van der Waals surface area contributed by atoms with Crippen molar-refractivity contribution in [1.82, 2.24) is 19.1 Å². The number of benzene rings is 2. The molecule has 2 fully saturated rings. The number of anilines is 3. The summed E-state index contributed by atoms with van der Waals surface area (Å²) in [6.45, 7) is 3.95. The number of sulfonamides is 1. The maximum Gasteiger partial charge on any atom is 0.316 e. The molecule has 2 aromatic carbocycles. The zero-order chi connectivity index (χ0) is 30.0. The molecule has 0 bridgehead atoms. The Morgan fingerprint density at radius 2 is 1.77 bits per heavy atom. The number of hydrogen-bond donors (Lipinski definition) is 1. The summed E-state index contributed by atoms with van der Waals surface area (Å²) in [5.41, 5.74) is 2.33. The van der Waals surface area contributed by atoms with Crippen LogP contribution in [0.25, 0.3) is 5.69 Å². The molecule has 1 saturated carbocycles. The quantitative estimate of drug-likeness (QED) is 0.268. The van der Waals surface area contributed by atoms with Crippen LogP contribution >= 0.6 is 11.6 Å². The van der Waals surface area contributed by atoms with Crippen LogP contribution in [-0.2, 0) is 15.8 Å². The van der Waals surface area contributed by atoms with Crippen molar-refractivity contribution in [3.05, 3.63) is 100 Å². The third kappa shape index (κ3) is 6.84. The Morgan fingerprint density at radius 3 is 2.44 bits per heavy atom. The van der Waals surface area contributed by atoms with Gasteiger partial charge in [-0.15, -0.1) is 0 Å². The lowest BCUT2D eigenvalue weighted by Gasteiger charge is -2.35. The Balaban J connectivity index is 1.14. The summed E-state index contributed by atoms with van der Waals surface area (Å²) in [5.74, 6) is 0.841. The first kappa shape index (κ1) is 29.2. The predicted octanol–water partition coefficient (Wildman–Crippen LogP) is 4.86. The monoisotopic (exact) mass is 620 g/mol. The maximum atomic E-state index is 13.6. The van der Waals surface area contributed by atoms with E-state index in [2.05, 4.69) is 22.3 Å². The third-order valence-electron chi connectivity index (χ3n) is 7.85. The Labute approximate surface area is 255 Å². The molecule has 0 amide bonds. The lowest BCUT2D eigenvalue weighted by Crippen LogP contribution is -2.49. The summed E-state index contributed by atoms with van der Waals surface area (Å²) < 4.78 is 35.6. The number of nitrogens with zero attached hydrogens (tertiary/aromatic N) is 5. The van der Waals surface area contributed by atoms with Crippen LogP contribution in [0, 0.1) is 5.41 Å². The summed E-state index contributed by atoms with van der Waals surface area (Å²) in [6, 6.07) is 19.8. The number of halogens is 1. The van der Waals surface area contributed by atoms with Gasteiger partial charge in [0.1, 0.15) is 11.5 Å². The molecule has 0 unspecified atom stereocenters. The molecule has 3 heterocycles. The van der Waals surface area contributed by atoms with E-state index in [1.165, 1.54) is 8.99 Å². The van der Waals surface area contributed by atoms with Gasteiger partial charge in [0.25, 0.3) is 0 Å². The van der Waals surface area contributed by atoms with Crippen LogP contribution in [0.4, 0.5) is 17.2 Å². The van der Waals surface area contributed by atoms with Crippen LogP contribution in [0.1, 0.15) is 25.3 Å². The van der Waals surface area contributed by atoms with E-state index in [1.807, 2.05) is 47.4 Å². The van der Waals surface area contributed by atoms with Crippen LogP contribution < -0.4 is 20.5 Å². The van der Waals surface area contributed by atoms with Crippen molar-refractivity contribution < 1.29 is 13.2 Å². The van der Waals surface area contributed by atoms with E-state index in [1.54, 1.807) is 36.7 Å². The maximum absolute atomic E-state index is 13.6. The second-order valence-electron chi connectivity index (χ2n) is 11.3. The summed E-state index contributed by atoms with van der Waals surface area (Å²) in [4.78, 5) is 19.9. The van der Waals surface area contributed by atoms with E-state index in [9.17, 15) is 13.2 Å². The van der Waals surface area contributed by atoms with Crippen molar-refractivity contribution in [2.45, 2.75) is 25.5 Å². The lowest BCUT2D eigenvalue weighted by atomic mass is 10.2. The first-order valence-electron chi connectivity index (χ1n) is 14.2. The smallest absolute Gasteiger partial charge is 0.316 e. The average Bonchev–Trinajstić information content (AvgIpc) is 3.75. The summed E-state index contributed by atoms with van der Waals surface area (Å²) in [7, 11) is -3.55. The first-order valence-corrected chi connectivity index (χ1v) is 16.2. The van der Waals surface area contributed by atoms with Gasteiger partial charge in [-0.05, 0) is 60.9 Å². The van der Waals surface area contributed by atoms with Gasteiger partial charge in [-0.3, -0.25) is 4.79 Å². The topological polar surface area (TPSA) is 110 Å². The number of nitrogens with one attached hydrogen (secondary N) is 1. The van der Waals surface area contributed by atoms with Crippen LogP contribution in [-0.4, -0.2) is 60.3 Å². The summed E-state index contributed by atoms with van der Waals surface area (Å²) >= 11 is 6.17. The second kappa shape index (κ2) is 12.0. The van der Waals surface area contributed by atoms with Gasteiger partial charge >= 0.3 is 5.56 Å². The standard InChI is InChI=1S/C31H33ClN6O4S/c1-31(12-13-31)22-42-29-27(20-34-38(30(29)39)26-6-4-5-24(32)19-26)36-15-17-37(18-16-36)43(40,41)21-23-8-10-25(11-9-23)35-28-7-2-3-14-33-28/h2-11,14,19-20H,12-13,15-18,21-22H2,1H3,(H,33,35). The minimum absolute atomic E-state index is 0.0628. The molecule has 1 saturated heterocycles. The lowest BCUT2D eigenvalue weighted by molar-refractivity contribution is 0.242. The SMILES string of the molecule is CC1(COc2c(N3CCN(S(=O)(=O)Cc4ccc(Nc5ccccn5)cc4)CC3)cnn(-c3cccc(Cl)c3)c2=O)CC1. The zero-order valence-electron chi connectivity index (χ0n) is 23.8. The molecule has 1 N–H and O–H groups in total. The number of aromatic nitrogens is 3. The molecule has 1 aliphatic heterocycles. The average molecular weight is 621 g/mol. The fourth-order valence-electron chi connectivity index (χ4n) is 4.96. The first-order chi connectivity index (χ1) is 20.7. The van der Waals surface area contributed by atoms with Crippen molar-refractivity contribution in [3.63, 3.8) is 0 Å². The van der Waals surface area contributed by atoms with Crippen molar-refractivity contribution in [1.29, 1.82) is 0 Å². The molecule has 224 valence electrons. The highest BCUT2D eigenvalue weighted by molar-refractivity contribution is 7.88. The minimum atomic E-state index is -3.55. The van der Waals surface area contributed by atoms with Crippen molar-refractivity contribution in [2.24, 2.45) is 5.41 Å². The van der Waals surface area contributed by atoms with Crippen LogP contribution in [0.2, 0.25) is 5.02 Å². The highest BCUT2D eigenvalue weighted by atomic mass is 35.5. The van der Waals surface area contributed by atoms with Gasteiger partial charge in [0.05, 0.1) is 24.2 Å². The number of ether oxygens (including phenoxy) is 1. The van der Waals surface area contributed by atoms with Gasteiger partial charge in [-0.1, -0.05) is 42.8 Å². The van der Waals surface area contributed by atoms with Crippen molar-refractivity contribution >= 4 is 38.8 Å². The van der Waals surface area contributed by atoms with E-state index < -0.39 is 10.0 Å². The Morgan fingerprint density at radius 1 is 1.00 bits per heavy atom. The minimum Gasteiger partial charge on any atom is -0.486 e. The fourth-order valence-corrected chi connectivity index (χ4v) is 6.66. The number of piperazine rings is 1. The number of hydrogen-bond acceptors (Lipinski definition) is 8. The van der Waals surface area contributed by atoms with Gasteiger partial charge in [-0.25, -0.2) is 13.4 Å². The molecule has 0 atom stereocenters. The molecule has 6 rings (SSSR count). The zero-order valence-corrected chi connectivity index (χ0v) is 25.4. The molecule has 43 heavy (non-hydrogen) atoms. The highest BCUT2D eigenvalue weighted by Gasteiger charge is 2.39. The molecule has 0 radical (unpaired) electrons. The van der Waals surface area contributed by atoms with Gasteiger partial charge in [0.2, 0.25) is 15.8 Å². The van der Waals surface area contributed by atoms with Crippen LogP contribution in [0.5, 0.6) is 5.75 Å². The summed E-state index contributed by atoms with van der Waals surface area (Å²) in [5, 5.41) is 8.12. The Kier molecular flexibility index (Phi) is 8.13. The molecular weight excluding hydrogens is 588 g/mol.